The van der Waals surface area contributed by atoms with Crippen molar-refractivity contribution < 1.29 is 4.79 Å². The Kier molecular flexibility index (Phi) is 4.46. The average molecular weight is 364 g/mol. The van der Waals surface area contributed by atoms with Crippen LogP contribution in [0.5, 0.6) is 0 Å². The summed E-state index contributed by atoms with van der Waals surface area (Å²) in [5.74, 6) is 0.816. The topological polar surface area (TPSA) is 54.3 Å². The van der Waals surface area contributed by atoms with E-state index in [0.29, 0.717) is 0 Å². The van der Waals surface area contributed by atoms with Gasteiger partial charge in [0, 0.05) is 37.5 Å². The number of thioether (sulfide) groups is 1. The van der Waals surface area contributed by atoms with Gasteiger partial charge in [-0.15, -0.1) is 16.4 Å². The summed E-state index contributed by atoms with van der Waals surface area (Å²) in [5.41, 5.74) is 0. The molecule has 4 heterocycles. The maximum absolute atomic E-state index is 13.0. The Morgan fingerprint density at radius 3 is 2.75 bits per heavy atom. The van der Waals surface area contributed by atoms with Gasteiger partial charge in [0.05, 0.1) is 6.04 Å². The van der Waals surface area contributed by atoms with E-state index in [2.05, 4.69) is 44.4 Å². The fourth-order valence-electron chi connectivity index (χ4n) is 3.27. The molecule has 2 unspecified atom stereocenters. The van der Waals surface area contributed by atoms with Crippen LogP contribution in [0.1, 0.15) is 28.5 Å². The van der Waals surface area contributed by atoms with E-state index in [-0.39, 0.29) is 17.2 Å². The Bertz CT molecular complexity index is 721. The largest absolute Gasteiger partial charge is 0.304 e. The van der Waals surface area contributed by atoms with E-state index in [1.165, 1.54) is 9.56 Å². The molecule has 0 saturated carbocycles. The standard InChI is InChI=1S/C16H21N5OS2/c1-3-12-17-16-21(18-12)15(22)14(24-16)13(11-5-4-10-23-11)20-8-6-19(2)7-9-20/h4-5,10,13-14H,3,6-9H2,1-2H3. The molecule has 0 spiro atoms. The fraction of sp³-hybridized carbons (Fsp3) is 0.562. The van der Waals surface area contributed by atoms with Gasteiger partial charge in [-0.1, -0.05) is 24.8 Å². The molecule has 0 aromatic carbocycles. The van der Waals surface area contributed by atoms with Crippen molar-refractivity contribution in [2.24, 2.45) is 0 Å². The third kappa shape index (κ3) is 2.81. The van der Waals surface area contributed by atoms with Crippen LogP contribution in [-0.4, -0.2) is 68.9 Å². The lowest BCUT2D eigenvalue weighted by molar-refractivity contribution is 0.0771. The summed E-state index contributed by atoms with van der Waals surface area (Å²) in [6, 6.07) is 4.32. The van der Waals surface area contributed by atoms with E-state index >= 15 is 0 Å². The number of carbonyl (C=O) groups is 1. The van der Waals surface area contributed by atoms with E-state index < -0.39 is 0 Å². The molecule has 2 aliphatic rings. The Labute approximate surface area is 149 Å². The predicted molar refractivity (Wildman–Crippen MR) is 95.8 cm³/mol. The van der Waals surface area contributed by atoms with Crippen LogP contribution in [0.4, 0.5) is 0 Å². The molecule has 0 bridgehead atoms. The van der Waals surface area contributed by atoms with Gasteiger partial charge in [-0.25, -0.2) is 4.98 Å². The van der Waals surface area contributed by atoms with Crippen molar-refractivity contribution in [3.8, 4) is 0 Å². The summed E-state index contributed by atoms with van der Waals surface area (Å²) < 4.78 is 1.52. The number of carbonyl (C=O) groups excluding carboxylic acids is 1. The third-order valence-corrected chi connectivity index (χ3v) is 6.81. The van der Waals surface area contributed by atoms with Crippen molar-refractivity contribution in [1.82, 2.24) is 24.6 Å². The van der Waals surface area contributed by atoms with Crippen molar-refractivity contribution in [1.29, 1.82) is 0 Å². The minimum Gasteiger partial charge on any atom is -0.304 e. The molecule has 1 saturated heterocycles. The molecule has 0 radical (unpaired) electrons. The number of piperazine rings is 1. The van der Waals surface area contributed by atoms with Gasteiger partial charge in [-0.05, 0) is 18.5 Å². The second kappa shape index (κ2) is 6.59. The fourth-order valence-corrected chi connectivity index (χ4v) is 5.52. The smallest absolute Gasteiger partial charge is 0.264 e. The molecule has 2 aromatic heterocycles. The van der Waals surface area contributed by atoms with Crippen LogP contribution >= 0.6 is 23.1 Å². The second-order valence-electron chi connectivity index (χ2n) is 6.25. The van der Waals surface area contributed by atoms with Gasteiger partial charge >= 0.3 is 0 Å². The number of likely N-dealkylation sites (N-methyl/N-ethyl adjacent to an activating group) is 1. The van der Waals surface area contributed by atoms with Gasteiger partial charge in [0.25, 0.3) is 5.91 Å². The molecule has 2 aliphatic heterocycles. The number of fused-ring (bicyclic) bond motifs is 1. The Balaban J connectivity index is 1.63. The van der Waals surface area contributed by atoms with E-state index in [4.69, 9.17) is 0 Å². The summed E-state index contributed by atoms with van der Waals surface area (Å²) in [7, 11) is 2.15. The highest BCUT2D eigenvalue weighted by Crippen LogP contribution is 2.42. The number of thiophene rings is 1. The van der Waals surface area contributed by atoms with E-state index in [1.54, 1.807) is 23.1 Å². The van der Waals surface area contributed by atoms with Crippen molar-refractivity contribution >= 4 is 29.0 Å². The Hall–Kier alpha value is -1.22. The number of nitrogens with zero attached hydrogens (tertiary/aromatic N) is 5. The zero-order chi connectivity index (χ0) is 16.7. The number of rotatable bonds is 4. The lowest BCUT2D eigenvalue weighted by atomic mass is 10.1. The zero-order valence-corrected chi connectivity index (χ0v) is 15.5. The highest BCUT2D eigenvalue weighted by molar-refractivity contribution is 8.01. The molecule has 2 atom stereocenters. The van der Waals surface area contributed by atoms with Crippen molar-refractivity contribution in [2.75, 3.05) is 33.2 Å². The molecule has 128 valence electrons. The van der Waals surface area contributed by atoms with Crippen molar-refractivity contribution in [3.63, 3.8) is 0 Å². The molecule has 0 aliphatic carbocycles. The highest BCUT2D eigenvalue weighted by atomic mass is 32.2. The summed E-state index contributed by atoms with van der Waals surface area (Å²) in [6.07, 6.45) is 0.755. The first-order chi connectivity index (χ1) is 11.7. The molecular weight excluding hydrogens is 342 g/mol. The van der Waals surface area contributed by atoms with Crippen LogP contribution in [0.15, 0.2) is 22.7 Å². The van der Waals surface area contributed by atoms with Crippen LogP contribution in [0.25, 0.3) is 0 Å². The normalized spacial score (nSPS) is 23.6. The molecule has 0 N–H and O–H groups in total. The molecule has 24 heavy (non-hydrogen) atoms. The van der Waals surface area contributed by atoms with Gasteiger partial charge in [0.15, 0.2) is 11.0 Å². The predicted octanol–water partition coefficient (Wildman–Crippen LogP) is 2.01. The number of hydrogen-bond donors (Lipinski definition) is 0. The van der Waals surface area contributed by atoms with E-state index in [0.717, 1.165) is 43.6 Å². The Morgan fingerprint density at radius 2 is 2.12 bits per heavy atom. The first-order valence-corrected chi connectivity index (χ1v) is 10.1. The summed E-state index contributed by atoms with van der Waals surface area (Å²) >= 11 is 3.30. The number of hydrogen-bond acceptors (Lipinski definition) is 7. The average Bonchev–Trinajstić information content (AvgIpc) is 3.29. The van der Waals surface area contributed by atoms with Crippen molar-refractivity contribution in [2.45, 2.75) is 29.8 Å². The molecule has 0 amide bonds. The minimum absolute atomic E-state index is 0.0690. The van der Waals surface area contributed by atoms with Crippen molar-refractivity contribution in [3.05, 3.63) is 28.2 Å². The summed E-state index contributed by atoms with van der Waals surface area (Å²) in [5, 5.41) is 7.05. The summed E-state index contributed by atoms with van der Waals surface area (Å²) in [6.45, 7) is 6.06. The molecule has 8 heteroatoms. The van der Waals surface area contributed by atoms with Crippen LogP contribution in [0.3, 0.4) is 0 Å². The first-order valence-electron chi connectivity index (χ1n) is 8.30. The third-order valence-electron chi connectivity index (χ3n) is 4.67. The monoisotopic (exact) mass is 363 g/mol. The minimum atomic E-state index is -0.159. The SMILES string of the molecule is CCc1nc2n(n1)C(=O)C(C(c1cccs1)N1CCN(C)CC1)S2. The summed E-state index contributed by atoms with van der Waals surface area (Å²) in [4.78, 5) is 23.5. The van der Waals surface area contributed by atoms with Crippen LogP contribution in [0.2, 0.25) is 0 Å². The molecule has 1 fully saturated rings. The van der Waals surface area contributed by atoms with E-state index in [9.17, 15) is 4.79 Å². The van der Waals surface area contributed by atoms with Crippen LogP contribution in [-0.2, 0) is 6.42 Å². The number of aryl methyl sites for hydroxylation is 1. The molecule has 6 nitrogen and oxygen atoms in total. The van der Waals surface area contributed by atoms with Gasteiger partial charge in [-0.3, -0.25) is 9.69 Å². The highest BCUT2D eigenvalue weighted by Gasteiger charge is 2.43. The van der Waals surface area contributed by atoms with E-state index in [1.807, 2.05) is 6.92 Å². The molecule has 4 rings (SSSR count). The zero-order valence-electron chi connectivity index (χ0n) is 13.9. The quantitative estimate of drug-likeness (QED) is 0.828. The molecular formula is C16H21N5OS2. The lowest BCUT2D eigenvalue weighted by Gasteiger charge is -2.39. The van der Waals surface area contributed by atoms with Crippen LogP contribution in [0, 0.1) is 0 Å². The van der Waals surface area contributed by atoms with Crippen LogP contribution < -0.4 is 0 Å². The van der Waals surface area contributed by atoms with Gasteiger partial charge in [0.1, 0.15) is 5.25 Å². The number of aromatic nitrogens is 3. The van der Waals surface area contributed by atoms with Gasteiger partial charge in [-0.2, -0.15) is 4.68 Å². The lowest BCUT2D eigenvalue weighted by Crippen LogP contribution is -2.49. The maximum atomic E-state index is 13.0. The Morgan fingerprint density at radius 1 is 1.33 bits per heavy atom. The maximum Gasteiger partial charge on any atom is 0.264 e. The first kappa shape index (κ1) is 16.3. The van der Waals surface area contributed by atoms with Gasteiger partial charge < -0.3 is 4.90 Å². The second-order valence-corrected chi connectivity index (χ2v) is 8.34. The van der Waals surface area contributed by atoms with Gasteiger partial charge in [0.2, 0.25) is 0 Å². The molecule has 2 aromatic rings.